The molecule has 2 rings (SSSR count). The highest BCUT2D eigenvalue weighted by Crippen LogP contribution is 2.19. The van der Waals surface area contributed by atoms with Crippen molar-refractivity contribution in [1.29, 1.82) is 0 Å². The molecular weight excluding hydrogens is 286 g/mol. The van der Waals surface area contributed by atoms with E-state index in [0.29, 0.717) is 19.6 Å². The molecule has 0 amide bonds. The van der Waals surface area contributed by atoms with Crippen LogP contribution in [0.3, 0.4) is 0 Å². The van der Waals surface area contributed by atoms with Gasteiger partial charge in [-0.2, -0.15) is 12.7 Å². The fraction of sp³-hybridized carbons (Fsp3) is 0.600. The van der Waals surface area contributed by atoms with E-state index in [-0.39, 0.29) is 6.04 Å². The predicted molar refractivity (Wildman–Crippen MR) is 85.3 cm³/mol. The van der Waals surface area contributed by atoms with Crippen LogP contribution in [-0.2, 0) is 10.2 Å². The lowest BCUT2D eigenvalue weighted by Crippen LogP contribution is -2.42. The lowest BCUT2D eigenvalue weighted by Gasteiger charge is -2.26. The molecule has 6 heteroatoms. The minimum Gasteiger partial charge on any atom is -0.301 e. The summed E-state index contributed by atoms with van der Waals surface area (Å²) in [6, 6.07) is 8.26. The Labute approximate surface area is 128 Å². The molecule has 0 spiro atoms. The largest absolute Gasteiger partial charge is 0.301 e. The Morgan fingerprint density at radius 1 is 1.19 bits per heavy atom. The van der Waals surface area contributed by atoms with E-state index in [4.69, 9.17) is 0 Å². The second kappa shape index (κ2) is 6.87. The van der Waals surface area contributed by atoms with Crippen LogP contribution in [0.25, 0.3) is 0 Å². The highest BCUT2D eigenvalue weighted by Gasteiger charge is 2.26. The molecule has 1 aromatic rings. The molecule has 1 fully saturated rings. The molecule has 0 radical (unpaired) electrons. The Morgan fingerprint density at radius 3 is 2.29 bits per heavy atom. The monoisotopic (exact) mass is 311 g/mol. The molecule has 1 N–H and O–H groups in total. The highest BCUT2D eigenvalue weighted by molar-refractivity contribution is 7.87. The van der Waals surface area contributed by atoms with E-state index in [9.17, 15) is 8.42 Å². The number of benzene rings is 1. The Hall–Kier alpha value is -0.950. The van der Waals surface area contributed by atoms with Crippen LogP contribution in [0.5, 0.6) is 0 Å². The third-order valence-corrected chi connectivity index (χ3v) is 5.53. The summed E-state index contributed by atoms with van der Waals surface area (Å²) in [5, 5.41) is 0. The summed E-state index contributed by atoms with van der Waals surface area (Å²) in [6.07, 6.45) is 1.91. The van der Waals surface area contributed by atoms with Gasteiger partial charge < -0.3 is 4.90 Å². The zero-order valence-corrected chi connectivity index (χ0v) is 13.9. The van der Waals surface area contributed by atoms with Crippen molar-refractivity contribution >= 4 is 10.2 Å². The van der Waals surface area contributed by atoms with Gasteiger partial charge in [0.1, 0.15) is 0 Å². The van der Waals surface area contributed by atoms with Gasteiger partial charge in [-0.3, -0.25) is 0 Å². The number of likely N-dealkylation sites (N-methyl/N-ethyl adjacent to an activating group) is 1. The lowest BCUT2D eigenvalue weighted by molar-refractivity contribution is 0.297. The maximum absolute atomic E-state index is 12.2. The molecule has 5 nitrogen and oxygen atoms in total. The first kappa shape index (κ1) is 16.4. The molecule has 1 aliphatic rings. The van der Waals surface area contributed by atoms with Crippen molar-refractivity contribution in [2.45, 2.75) is 25.8 Å². The fourth-order valence-corrected chi connectivity index (χ4v) is 3.88. The summed E-state index contributed by atoms with van der Waals surface area (Å²) >= 11 is 0. The van der Waals surface area contributed by atoms with Crippen molar-refractivity contribution in [3.8, 4) is 0 Å². The summed E-state index contributed by atoms with van der Waals surface area (Å²) in [7, 11) is 0.586. The van der Waals surface area contributed by atoms with E-state index in [2.05, 4.69) is 29.0 Å². The average molecular weight is 311 g/mol. The molecule has 0 aliphatic carbocycles. The van der Waals surface area contributed by atoms with Crippen molar-refractivity contribution in [2.75, 3.05) is 33.7 Å². The summed E-state index contributed by atoms with van der Waals surface area (Å²) in [4.78, 5) is 2.04. The van der Waals surface area contributed by atoms with Crippen LogP contribution >= 0.6 is 0 Å². The van der Waals surface area contributed by atoms with Gasteiger partial charge in [0.15, 0.2) is 0 Å². The maximum atomic E-state index is 12.2. The predicted octanol–water partition coefficient (Wildman–Crippen LogP) is 1.53. The van der Waals surface area contributed by atoms with Crippen LogP contribution in [0, 0.1) is 6.92 Å². The molecule has 1 heterocycles. The summed E-state index contributed by atoms with van der Waals surface area (Å²) in [5.74, 6) is 0. The highest BCUT2D eigenvalue weighted by atomic mass is 32.2. The smallest absolute Gasteiger partial charge is 0.279 e. The number of aryl methyl sites for hydroxylation is 1. The summed E-state index contributed by atoms with van der Waals surface area (Å²) < 4.78 is 28.8. The molecule has 1 aromatic carbocycles. The van der Waals surface area contributed by atoms with Crippen molar-refractivity contribution < 1.29 is 8.42 Å². The molecule has 0 unspecified atom stereocenters. The van der Waals surface area contributed by atoms with Crippen LogP contribution in [0.4, 0.5) is 0 Å². The molecule has 0 aromatic heterocycles. The summed E-state index contributed by atoms with van der Waals surface area (Å²) in [6.45, 7) is 3.69. The average Bonchev–Trinajstić information content (AvgIpc) is 2.95. The van der Waals surface area contributed by atoms with Crippen LogP contribution in [0.15, 0.2) is 24.3 Å². The first-order valence-corrected chi connectivity index (χ1v) is 8.82. The van der Waals surface area contributed by atoms with Crippen LogP contribution in [-0.4, -0.2) is 51.4 Å². The second-order valence-electron chi connectivity index (χ2n) is 5.85. The Kier molecular flexibility index (Phi) is 5.37. The maximum Gasteiger partial charge on any atom is 0.279 e. The molecular formula is C15H25N3O2S. The van der Waals surface area contributed by atoms with Crippen molar-refractivity contribution in [2.24, 2.45) is 0 Å². The molecule has 1 saturated heterocycles. The lowest BCUT2D eigenvalue weighted by atomic mass is 10.0. The van der Waals surface area contributed by atoms with Gasteiger partial charge >= 0.3 is 0 Å². The van der Waals surface area contributed by atoms with Crippen LogP contribution in [0.2, 0.25) is 0 Å². The molecule has 1 atom stereocenters. The van der Waals surface area contributed by atoms with Gasteiger partial charge in [0.05, 0.1) is 0 Å². The standard InChI is InChI=1S/C15H25N3O2S/c1-13-6-8-14(9-7-13)15(17(2)3)12-16-21(19,20)18-10-4-5-11-18/h6-9,15-16H,4-5,10-12H2,1-3H3/t15-/m0/s1. The third-order valence-electron chi connectivity index (χ3n) is 3.95. The molecule has 118 valence electrons. The number of hydrogen-bond acceptors (Lipinski definition) is 3. The minimum atomic E-state index is -3.35. The fourth-order valence-electron chi connectivity index (χ4n) is 2.59. The first-order chi connectivity index (χ1) is 9.90. The zero-order valence-electron chi connectivity index (χ0n) is 13.0. The van der Waals surface area contributed by atoms with Gasteiger partial charge in [-0.1, -0.05) is 29.8 Å². The van der Waals surface area contributed by atoms with Crippen molar-refractivity contribution in [3.05, 3.63) is 35.4 Å². The normalized spacial score (nSPS) is 18.3. The van der Waals surface area contributed by atoms with Gasteiger partial charge in [0.25, 0.3) is 10.2 Å². The first-order valence-electron chi connectivity index (χ1n) is 7.38. The second-order valence-corrected chi connectivity index (χ2v) is 7.60. The van der Waals surface area contributed by atoms with Crippen LogP contribution < -0.4 is 4.72 Å². The topological polar surface area (TPSA) is 52.7 Å². The van der Waals surface area contributed by atoms with Gasteiger partial charge in [0, 0.05) is 25.7 Å². The van der Waals surface area contributed by atoms with E-state index in [1.807, 2.05) is 25.9 Å². The van der Waals surface area contributed by atoms with E-state index >= 15 is 0 Å². The van der Waals surface area contributed by atoms with Gasteiger partial charge in [-0.15, -0.1) is 0 Å². The van der Waals surface area contributed by atoms with E-state index in [0.717, 1.165) is 18.4 Å². The molecule has 0 saturated carbocycles. The number of nitrogens with one attached hydrogen (secondary N) is 1. The van der Waals surface area contributed by atoms with Crippen molar-refractivity contribution in [1.82, 2.24) is 13.9 Å². The zero-order chi connectivity index (χ0) is 15.5. The van der Waals surface area contributed by atoms with E-state index < -0.39 is 10.2 Å². The Bertz CT molecular complexity index is 549. The molecule has 0 bridgehead atoms. The van der Waals surface area contributed by atoms with Gasteiger partial charge in [-0.25, -0.2) is 4.72 Å². The Balaban J connectivity index is 2.05. The Morgan fingerprint density at radius 2 is 1.76 bits per heavy atom. The summed E-state index contributed by atoms with van der Waals surface area (Å²) in [5.41, 5.74) is 2.32. The SMILES string of the molecule is Cc1ccc([C@H](CNS(=O)(=O)N2CCCC2)N(C)C)cc1. The van der Waals surface area contributed by atoms with Gasteiger partial charge in [-0.05, 0) is 39.4 Å². The van der Waals surface area contributed by atoms with E-state index in [1.165, 1.54) is 9.87 Å². The number of rotatable bonds is 6. The minimum absolute atomic E-state index is 0.0305. The third kappa shape index (κ3) is 4.26. The van der Waals surface area contributed by atoms with Crippen molar-refractivity contribution in [3.63, 3.8) is 0 Å². The number of hydrogen-bond donors (Lipinski definition) is 1. The molecule has 21 heavy (non-hydrogen) atoms. The quantitative estimate of drug-likeness (QED) is 0.867. The van der Waals surface area contributed by atoms with Gasteiger partial charge in [0.2, 0.25) is 0 Å². The van der Waals surface area contributed by atoms with Crippen LogP contribution in [0.1, 0.15) is 30.0 Å². The van der Waals surface area contributed by atoms with E-state index in [1.54, 1.807) is 0 Å². The number of nitrogens with zero attached hydrogens (tertiary/aromatic N) is 2. The molecule has 1 aliphatic heterocycles.